The highest BCUT2D eigenvalue weighted by Crippen LogP contribution is 2.40. The average molecular weight is 502 g/mol. The molecule has 2 aromatic carbocycles. The molecule has 1 atom stereocenters. The van der Waals surface area contributed by atoms with Crippen LogP contribution in [0.1, 0.15) is 63.3 Å². The van der Waals surface area contributed by atoms with Gasteiger partial charge >= 0.3 is 0 Å². The maximum absolute atomic E-state index is 13.3. The quantitative estimate of drug-likeness (QED) is 0.238. The van der Waals surface area contributed by atoms with Crippen LogP contribution in [-0.4, -0.2) is 44.4 Å². The number of ether oxygens (including phenoxy) is 1. The lowest BCUT2D eigenvalue weighted by molar-refractivity contribution is -0.139. The van der Waals surface area contributed by atoms with E-state index in [9.17, 15) is 14.7 Å². The van der Waals surface area contributed by atoms with Crippen LogP contribution in [0.15, 0.2) is 72.8 Å². The fourth-order valence-electron chi connectivity index (χ4n) is 4.55. The summed E-state index contributed by atoms with van der Waals surface area (Å²) in [5.41, 5.74) is 2.48. The number of aromatic nitrogens is 2. The van der Waals surface area contributed by atoms with Crippen molar-refractivity contribution in [2.45, 2.75) is 58.5 Å². The molecule has 1 aliphatic rings. The Balaban J connectivity index is 1.70. The van der Waals surface area contributed by atoms with Crippen molar-refractivity contribution in [3.8, 4) is 5.75 Å². The first-order valence-corrected chi connectivity index (χ1v) is 12.8. The monoisotopic (exact) mass is 501 g/mol. The molecule has 7 heteroatoms. The Hall–Kier alpha value is -3.87. The van der Waals surface area contributed by atoms with E-state index >= 15 is 0 Å². The summed E-state index contributed by atoms with van der Waals surface area (Å²) in [6, 6.07) is 14.2. The second kappa shape index (κ2) is 11.0. The Kier molecular flexibility index (Phi) is 7.81. The predicted octanol–water partition coefficient (Wildman–Crippen LogP) is 5.48. The number of carbonyl (C=O) groups excluding carboxylic acids is 2. The van der Waals surface area contributed by atoms with Gasteiger partial charge in [-0.25, -0.2) is 4.98 Å². The first-order chi connectivity index (χ1) is 17.7. The van der Waals surface area contributed by atoms with Crippen LogP contribution in [0.4, 0.5) is 0 Å². The Morgan fingerprint density at radius 1 is 1.03 bits per heavy atom. The molecule has 0 radical (unpaired) electrons. The SMILES string of the molecule is CCCOc1ccc(/C(O)=C2/C(=O)C(=O)N(CCCn3ccnc3)C2c2ccc(C(C)(C)C)cc2)cc1. The van der Waals surface area contributed by atoms with E-state index in [4.69, 9.17) is 4.74 Å². The first-order valence-electron chi connectivity index (χ1n) is 12.8. The molecule has 1 aliphatic heterocycles. The number of benzene rings is 2. The molecule has 1 fully saturated rings. The number of carbonyl (C=O) groups is 2. The standard InChI is InChI=1S/C30H35N3O4/c1-5-19-37-24-13-9-22(10-14-24)27(34)25-26(21-7-11-23(12-8-21)30(2,3)4)33(29(36)28(25)35)17-6-16-32-18-15-31-20-32/h7-15,18,20,26,34H,5-6,16-17,19H2,1-4H3/b27-25-. The number of hydrogen-bond donors (Lipinski definition) is 1. The number of ketones is 1. The van der Waals surface area contributed by atoms with Crippen LogP contribution in [0.5, 0.6) is 5.75 Å². The van der Waals surface area contributed by atoms with Gasteiger partial charge in [-0.2, -0.15) is 0 Å². The Morgan fingerprint density at radius 2 is 1.73 bits per heavy atom. The molecule has 4 rings (SSSR count). The molecule has 194 valence electrons. The maximum atomic E-state index is 13.3. The number of imidazole rings is 1. The lowest BCUT2D eigenvalue weighted by Crippen LogP contribution is -2.31. The molecule has 0 aliphatic carbocycles. The van der Waals surface area contributed by atoms with Crippen LogP contribution in [0, 0.1) is 0 Å². The third-order valence-corrected chi connectivity index (χ3v) is 6.61. The number of hydrogen-bond acceptors (Lipinski definition) is 5. The maximum Gasteiger partial charge on any atom is 0.295 e. The molecule has 1 N–H and O–H groups in total. The average Bonchev–Trinajstić information content (AvgIpc) is 3.49. The fourth-order valence-corrected chi connectivity index (χ4v) is 4.55. The van der Waals surface area contributed by atoms with Gasteiger partial charge in [0.15, 0.2) is 0 Å². The Labute approximate surface area is 218 Å². The lowest BCUT2D eigenvalue weighted by Gasteiger charge is -2.26. The highest BCUT2D eigenvalue weighted by molar-refractivity contribution is 6.46. The minimum atomic E-state index is -0.673. The van der Waals surface area contributed by atoms with Crippen molar-refractivity contribution in [2.24, 2.45) is 0 Å². The summed E-state index contributed by atoms with van der Waals surface area (Å²) >= 11 is 0. The number of aliphatic hydroxyl groups is 1. The molecule has 0 spiro atoms. The van der Waals surface area contributed by atoms with Crippen molar-refractivity contribution >= 4 is 17.4 Å². The van der Waals surface area contributed by atoms with Gasteiger partial charge in [-0.05, 0) is 53.6 Å². The molecule has 1 saturated heterocycles. The van der Waals surface area contributed by atoms with Gasteiger partial charge in [0, 0.05) is 31.0 Å². The molecule has 1 unspecified atom stereocenters. The van der Waals surface area contributed by atoms with Crippen LogP contribution in [-0.2, 0) is 21.5 Å². The number of aliphatic hydroxyl groups excluding tert-OH is 1. The van der Waals surface area contributed by atoms with E-state index in [0.29, 0.717) is 37.4 Å². The summed E-state index contributed by atoms with van der Waals surface area (Å²) in [5.74, 6) is -0.758. The zero-order valence-electron chi connectivity index (χ0n) is 22.0. The zero-order valence-corrected chi connectivity index (χ0v) is 22.0. The third kappa shape index (κ3) is 5.77. The summed E-state index contributed by atoms with van der Waals surface area (Å²) in [4.78, 5) is 32.1. The van der Waals surface area contributed by atoms with Gasteiger partial charge in [0.2, 0.25) is 0 Å². The van der Waals surface area contributed by atoms with E-state index in [1.165, 1.54) is 0 Å². The normalized spacial score (nSPS) is 17.4. The number of aryl methyl sites for hydroxylation is 1. The molecular weight excluding hydrogens is 466 g/mol. The number of Topliss-reactive ketones (excluding diaryl/α,β-unsaturated/α-hetero) is 1. The zero-order chi connectivity index (χ0) is 26.6. The van der Waals surface area contributed by atoms with Crippen LogP contribution < -0.4 is 4.74 Å². The lowest BCUT2D eigenvalue weighted by atomic mass is 9.85. The second-order valence-corrected chi connectivity index (χ2v) is 10.4. The number of rotatable bonds is 9. The minimum Gasteiger partial charge on any atom is -0.507 e. The van der Waals surface area contributed by atoms with E-state index in [-0.39, 0.29) is 16.7 Å². The van der Waals surface area contributed by atoms with Gasteiger partial charge in [0.05, 0.1) is 24.5 Å². The van der Waals surface area contributed by atoms with Crippen LogP contribution in [0.25, 0.3) is 5.76 Å². The Bertz CT molecular complexity index is 1250. The van der Waals surface area contributed by atoms with Crippen LogP contribution >= 0.6 is 0 Å². The van der Waals surface area contributed by atoms with Gasteiger partial charge in [0.1, 0.15) is 11.5 Å². The molecular formula is C30H35N3O4. The predicted molar refractivity (Wildman–Crippen MR) is 143 cm³/mol. The fraction of sp³-hybridized carbons (Fsp3) is 0.367. The summed E-state index contributed by atoms with van der Waals surface area (Å²) in [6.07, 6.45) is 6.83. The van der Waals surface area contributed by atoms with Crippen molar-refractivity contribution in [3.63, 3.8) is 0 Å². The molecule has 0 saturated carbocycles. The van der Waals surface area contributed by atoms with E-state index in [2.05, 4.69) is 25.8 Å². The smallest absolute Gasteiger partial charge is 0.295 e. The summed E-state index contributed by atoms with van der Waals surface area (Å²) in [6.45, 7) is 10.1. The molecule has 2 heterocycles. The molecule has 0 bridgehead atoms. The van der Waals surface area contributed by atoms with Gasteiger partial charge in [0.25, 0.3) is 11.7 Å². The van der Waals surface area contributed by atoms with Crippen LogP contribution in [0.3, 0.4) is 0 Å². The van der Waals surface area contributed by atoms with Gasteiger partial charge in [-0.15, -0.1) is 0 Å². The first kappa shape index (κ1) is 26.2. The molecule has 3 aromatic rings. The van der Waals surface area contributed by atoms with Crippen molar-refractivity contribution < 1.29 is 19.4 Å². The van der Waals surface area contributed by atoms with Crippen molar-refractivity contribution in [2.75, 3.05) is 13.2 Å². The van der Waals surface area contributed by atoms with E-state index in [0.717, 1.165) is 17.5 Å². The highest BCUT2D eigenvalue weighted by atomic mass is 16.5. The number of likely N-dealkylation sites (tertiary alicyclic amines) is 1. The number of nitrogens with zero attached hydrogens (tertiary/aromatic N) is 3. The minimum absolute atomic E-state index is 0.0350. The van der Waals surface area contributed by atoms with E-state index in [1.807, 2.05) is 42.0 Å². The van der Waals surface area contributed by atoms with Crippen molar-refractivity contribution in [1.82, 2.24) is 14.5 Å². The molecule has 7 nitrogen and oxygen atoms in total. The summed E-state index contributed by atoms with van der Waals surface area (Å²) in [7, 11) is 0. The van der Waals surface area contributed by atoms with Gasteiger partial charge < -0.3 is 19.3 Å². The number of amides is 1. The van der Waals surface area contributed by atoms with Crippen LogP contribution in [0.2, 0.25) is 0 Å². The molecule has 1 amide bonds. The largest absolute Gasteiger partial charge is 0.507 e. The van der Waals surface area contributed by atoms with Crippen molar-refractivity contribution in [3.05, 3.63) is 89.5 Å². The molecule has 37 heavy (non-hydrogen) atoms. The molecule has 1 aromatic heterocycles. The summed E-state index contributed by atoms with van der Waals surface area (Å²) < 4.78 is 7.58. The second-order valence-electron chi connectivity index (χ2n) is 10.4. The van der Waals surface area contributed by atoms with E-state index < -0.39 is 17.7 Å². The van der Waals surface area contributed by atoms with Gasteiger partial charge in [-0.3, -0.25) is 9.59 Å². The van der Waals surface area contributed by atoms with E-state index in [1.54, 1.807) is 41.7 Å². The van der Waals surface area contributed by atoms with Gasteiger partial charge in [-0.1, -0.05) is 52.0 Å². The summed E-state index contributed by atoms with van der Waals surface area (Å²) in [5, 5.41) is 11.3. The van der Waals surface area contributed by atoms with Crippen molar-refractivity contribution in [1.29, 1.82) is 0 Å². The Morgan fingerprint density at radius 3 is 2.32 bits per heavy atom. The highest BCUT2D eigenvalue weighted by Gasteiger charge is 2.45. The topological polar surface area (TPSA) is 84.7 Å². The third-order valence-electron chi connectivity index (χ3n) is 6.61.